The molecule has 0 N–H and O–H groups in total. The third-order valence-corrected chi connectivity index (χ3v) is 2.06. The van der Waals surface area contributed by atoms with E-state index in [-0.39, 0.29) is 0 Å². The number of hydrogen-bond acceptors (Lipinski definition) is 4. The zero-order valence-corrected chi connectivity index (χ0v) is 11.2. The van der Waals surface area contributed by atoms with Crippen molar-refractivity contribution in [3.63, 3.8) is 0 Å². The molecule has 0 rings (SSSR count). The van der Waals surface area contributed by atoms with Gasteiger partial charge in [0.15, 0.2) is 0 Å². The Kier molecular flexibility index (Phi) is 15.6. The Labute approximate surface area is 105 Å². The maximum atomic E-state index is 5.36. The van der Waals surface area contributed by atoms with E-state index in [1.165, 1.54) is 0 Å². The van der Waals surface area contributed by atoms with Crippen molar-refractivity contribution in [2.75, 3.05) is 67.0 Å². The van der Waals surface area contributed by atoms with Gasteiger partial charge in [-0.2, -0.15) is 0 Å². The van der Waals surface area contributed by atoms with Crippen molar-refractivity contribution in [2.45, 2.75) is 12.8 Å². The van der Waals surface area contributed by atoms with Gasteiger partial charge in [-0.25, -0.2) is 5.32 Å². The van der Waals surface area contributed by atoms with Gasteiger partial charge in [-0.1, -0.05) is 0 Å². The molecule has 0 bridgehead atoms. The minimum atomic E-state index is 0.688. The Morgan fingerprint density at radius 2 is 1.12 bits per heavy atom. The molecular weight excluding hydrogens is 222 g/mol. The van der Waals surface area contributed by atoms with Gasteiger partial charge in [-0.05, 0) is 12.8 Å². The topological polar surface area (TPSA) is 51.0 Å². The predicted molar refractivity (Wildman–Crippen MR) is 66.5 cm³/mol. The molecule has 1 radical (unpaired) electrons. The minimum absolute atomic E-state index is 0.688. The van der Waals surface area contributed by atoms with Crippen LogP contribution in [0.25, 0.3) is 0 Å². The lowest BCUT2D eigenvalue weighted by Gasteiger charge is -2.05. The standard InChI is InChI=1S/C12H26NO4/c1-14-7-3-9-16-11-5-13-6-12-17-10-4-8-15-2/h3-12H2,1-2H3. The van der Waals surface area contributed by atoms with Crippen molar-refractivity contribution in [1.29, 1.82) is 0 Å². The molecule has 0 aromatic heterocycles. The largest absolute Gasteiger partial charge is 0.385 e. The number of ether oxygens (including phenoxy) is 4. The molecule has 0 aromatic rings. The van der Waals surface area contributed by atoms with E-state index in [9.17, 15) is 0 Å². The van der Waals surface area contributed by atoms with E-state index in [1.807, 2.05) is 0 Å². The van der Waals surface area contributed by atoms with E-state index in [1.54, 1.807) is 14.2 Å². The molecule has 0 atom stereocenters. The Bertz CT molecular complexity index is 122. The molecule has 0 heterocycles. The van der Waals surface area contributed by atoms with Gasteiger partial charge in [0.05, 0.1) is 13.2 Å². The van der Waals surface area contributed by atoms with E-state index >= 15 is 0 Å². The predicted octanol–water partition coefficient (Wildman–Crippen LogP) is 0.697. The van der Waals surface area contributed by atoms with Crippen LogP contribution in [0.15, 0.2) is 0 Å². The molecule has 0 saturated heterocycles. The molecule has 5 heteroatoms. The van der Waals surface area contributed by atoms with E-state index in [0.717, 1.165) is 52.4 Å². The zero-order chi connectivity index (χ0) is 12.6. The molecule has 0 unspecified atom stereocenters. The molecule has 0 saturated carbocycles. The average Bonchev–Trinajstić information content (AvgIpc) is 2.35. The SMILES string of the molecule is COCCCOCC[N]CCOCCCOC. The molecule has 0 aromatic carbocycles. The monoisotopic (exact) mass is 248 g/mol. The number of methoxy groups -OCH3 is 2. The first-order chi connectivity index (χ1) is 8.41. The normalized spacial score (nSPS) is 10.9. The van der Waals surface area contributed by atoms with Crippen LogP contribution in [0.1, 0.15) is 12.8 Å². The third-order valence-electron chi connectivity index (χ3n) is 2.06. The fourth-order valence-corrected chi connectivity index (χ4v) is 1.18. The molecule has 0 fully saturated rings. The number of rotatable bonds is 14. The van der Waals surface area contributed by atoms with Gasteiger partial charge in [-0.15, -0.1) is 0 Å². The first kappa shape index (κ1) is 16.8. The van der Waals surface area contributed by atoms with Crippen molar-refractivity contribution >= 4 is 0 Å². The van der Waals surface area contributed by atoms with Crippen LogP contribution >= 0.6 is 0 Å². The summed E-state index contributed by atoms with van der Waals surface area (Å²) in [5.74, 6) is 0. The summed E-state index contributed by atoms with van der Waals surface area (Å²) < 4.78 is 20.6. The van der Waals surface area contributed by atoms with E-state index in [2.05, 4.69) is 5.32 Å². The molecule has 0 aliphatic heterocycles. The quantitative estimate of drug-likeness (QED) is 0.425. The van der Waals surface area contributed by atoms with Crippen LogP contribution in [-0.2, 0) is 18.9 Å². The van der Waals surface area contributed by atoms with Gasteiger partial charge in [0.1, 0.15) is 0 Å². The second kappa shape index (κ2) is 15.8. The van der Waals surface area contributed by atoms with Crippen molar-refractivity contribution in [3.8, 4) is 0 Å². The Morgan fingerprint density at radius 3 is 1.53 bits per heavy atom. The summed E-state index contributed by atoms with van der Waals surface area (Å²) in [6, 6.07) is 0. The van der Waals surface area contributed by atoms with Crippen LogP contribution in [0.4, 0.5) is 0 Å². The highest BCUT2D eigenvalue weighted by Gasteiger charge is 1.92. The van der Waals surface area contributed by atoms with E-state index in [4.69, 9.17) is 18.9 Å². The summed E-state index contributed by atoms with van der Waals surface area (Å²) in [4.78, 5) is 0. The second-order valence-corrected chi connectivity index (χ2v) is 3.59. The van der Waals surface area contributed by atoms with Crippen LogP contribution in [-0.4, -0.2) is 67.0 Å². The minimum Gasteiger partial charge on any atom is -0.385 e. The van der Waals surface area contributed by atoms with Crippen LogP contribution in [0.3, 0.4) is 0 Å². The van der Waals surface area contributed by atoms with Crippen LogP contribution < -0.4 is 5.32 Å². The number of hydrogen-bond donors (Lipinski definition) is 0. The molecule has 0 aliphatic rings. The van der Waals surface area contributed by atoms with Crippen LogP contribution in [0, 0.1) is 0 Å². The first-order valence-electron chi connectivity index (χ1n) is 6.18. The summed E-state index contributed by atoms with van der Waals surface area (Å²) in [5.41, 5.74) is 0. The van der Waals surface area contributed by atoms with Gasteiger partial charge in [0, 0.05) is 53.7 Å². The Morgan fingerprint density at radius 1 is 0.647 bits per heavy atom. The Hall–Kier alpha value is -0.200. The van der Waals surface area contributed by atoms with Crippen molar-refractivity contribution in [2.24, 2.45) is 0 Å². The Balaban J connectivity index is 2.85. The summed E-state index contributed by atoms with van der Waals surface area (Å²) in [5, 5.41) is 4.29. The van der Waals surface area contributed by atoms with Crippen LogP contribution in [0.5, 0.6) is 0 Å². The first-order valence-corrected chi connectivity index (χ1v) is 6.18. The smallest absolute Gasteiger partial charge is 0.0607 e. The molecule has 5 nitrogen and oxygen atoms in total. The molecular formula is C12H26NO4. The number of nitrogens with zero attached hydrogens (tertiary/aromatic N) is 1. The molecule has 103 valence electrons. The highest BCUT2D eigenvalue weighted by atomic mass is 16.5. The van der Waals surface area contributed by atoms with Crippen molar-refractivity contribution in [3.05, 3.63) is 0 Å². The summed E-state index contributed by atoms with van der Waals surface area (Å²) in [6.07, 6.45) is 1.89. The maximum Gasteiger partial charge on any atom is 0.0607 e. The van der Waals surface area contributed by atoms with E-state index in [0.29, 0.717) is 13.2 Å². The highest BCUT2D eigenvalue weighted by Crippen LogP contribution is 1.84. The maximum absolute atomic E-state index is 5.36. The lowest BCUT2D eigenvalue weighted by Crippen LogP contribution is -2.18. The van der Waals surface area contributed by atoms with Crippen molar-refractivity contribution < 1.29 is 18.9 Å². The molecule has 0 spiro atoms. The van der Waals surface area contributed by atoms with Gasteiger partial charge in [-0.3, -0.25) is 0 Å². The lowest BCUT2D eigenvalue weighted by atomic mass is 10.5. The highest BCUT2D eigenvalue weighted by molar-refractivity contribution is 4.45. The van der Waals surface area contributed by atoms with Gasteiger partial charge < -0.3 is 18.9 Å². The fraction of sp³-hybridized carbons (Fsp3) is 1.00. The fourth-order valence-electron chi connectivity index (χ4n) is 1.18. The van der Waals surface area contributed by atoms with Crippen molar-refractivity contribution in [1.82, 2.24) is 5.32 Å². The molecule has 0 aliphatic carbocycles. The summed E-state index contributed by atoms with van der Waals surface area (Å²) in [7, 11) is 3.39. The van der Waals surface area contributed by atoms with Crippen LogP contribution in [0.2, 0.25) is 0 Å². The van der Waals surface area contributed by atoms with E-state index < -0.39 is 0 Å². The zero-order valence-electron chi connectivity index (χ0n) is 11.2. The lowest BCUT2D eigenvalue weighted by molar-refractivity contribution is 0.0937. The van der Waals surface area contributed by atoms with Gasteiger partial charge in [0.2, 0.25) is 0 Å². The van der Waals surface area contributed by atoms with Gasteiger partial charge in [0.25, 0.3) is 0 Å². The third kappa shape index (κ3) is 15.8. The molecule has 0 amide bonds. The van der Waals surface area contributed by atoms with Gasteiger partial charge >= 0.3 is 0 Å². The molecule has 17 heavy (non-hydrogen) atoms. The summed E-state index contributed by atoms with van der Waals surface area (Å²) >= 11 is 0. The average molecular weight is 248 g/mol. The second-order valence-electron chi connectivity index (χ2n) is 3.59. The summed E-state index contributed by atoms with van der Waals surface area (Å²) in [6.45, 7) is 5.87.